The van der Waals surface area contributed by atoms with E-state index in [2.05, 4.69) is 4.98 Å². The summed E-state index contributed by atoms with van der Waals surface area (Å²) in [6, 6.07) is 3.72. The Hall–Kier alpha value is -0.680. The van der Waals surface area contributed by atoms with E-state index in [4.69, 9.17) is 21.1 Å². The number of halogens is 1. The van der Waals surface area contributed by atoms with Gasteiger partial charge in [0.1, 0.15) is 5.15 Å². The summed E-state index contributed by atoms with van der Waals surface area (Å²) in [5.41, 5.74) is 1.29. The lowest BCUT2D eigenvalue weighted by atomic mass is 9.78. The number of nitrogens with zero attached hydrogens (tertiary/aromatic N) is 1. The molecule has 1 fully saturated rings. The van der Waals surface area contributed by atoms with Crippen molar-refractivity contribution < 1.29 is 14.6 Å². The lowest BCUT2D eigenvalue weighted by Crippen LogP contribution is -2.39. The van der Waals surface area contributed by atoms with Gasteiger partial charge in [-0.2, -0.15) is 0 Å². The van der Waals surface area contributed by atoms with E-state index in [1.807, 2.05) is 6.07 Å². The van der Waals surface area contributed by atoms with Gasteiger partial charge in [-0.25, -0.2) is 4.98 Å². The van der Waals surface area contributed by atoms with E-state index in [-0.39, 0.29) is 0 Å². The van der Waals surface area contributed by atoms with Crippen LogP contribution >= 0.6 is 11.6 Å². The van der Waals surface area contributed by atoms with E-state index in [1.165, 1.54) is 0 Å². The Labute approximate surface area is 112 Å². The van der Waals surface area contributed by atoms with Crippen molar-refractivity contribution >= 4 is 11.6 Å². The molecule has 2 rings (SSSR count). The highest BCUT2D eigenvalue weighted by Gasteiger charge is 2.42. The van der Waals surface area contributed by atoms with Gasteiger partial charge in [0.05, 0.1) is 30.4 Å². The molecule has 0 aromatic carbocycles. The van der Waals surface area contributed by atoms with Crippen molar-refractivity contribution in [3.63, 3.8) is 0 Å². The summed E-state index contributed by atoms with van der Waals surface area (Å²) in [7, 11) is 1.64. The summed E-state index contributed by atoms with van der Waals surface area (Å²) in [4.78, 5) is 4.36. The standard InChI is InChI=1S/C13H18ClNO3/c1-9(16)13(3-4-18-8-13)11-5-10(7-17-2)6-12(14)15-11/h5-6,9,16H,3-4,7-8H2,1-2H3/t9-,13-/m1/s1. The van der Waals surface area contributed by atoms with Gasteiger partial charge in [-0.15, -0.1) is 0 Å². The van der Waals surface area contributed by atoms with Crippen molar-refractivity contribution in [2.45, 2.75) is 31.5 Å². The predicted octanol–water partition coefficient (Wildman–Crippen LogP) is 1.92. The zero-order chi connectivity index (χ0) is 13.2. The first kappa shape index (κ1) is 13.7. The molecule has 1 N–H and O–H groups in total. The van der Waals surface area contributed by atoms with Gasteiger partial charge in [0.25, 0.3) is 0 Å². The Bertz CT molecular complexity index is 417. The Morgan fingerprint density at radius 3 is 2.94 bits per heavy atom. The Balaban J connectivity index is 2.41. The van der Waals surface area contributed by atoms with E-state index in [0.717, 1.165) is 17.7 Å². The SMILES string of the molecule is COCc1cc(Cl)nc([C@]2([C@@H](C)O)CCOC2)c1. The summed E-state index contributed by atoms with van der Waals surface area (Å²) < 4.78 is 10.6. The Kier molecular flexibility index (Phi) is 4.22. The van der Waals surface area contributed by atoms with E-state index in [9.17, 15) is 5.11 Å². The molecule has 100 valence electrons. The number of aromatic nitrogens is 1. The molecule has 0 unspecified atom stereocenters. The average Bonchev–Trinajstić information content (AvgIpc) is 2.78. The van der Waals surface area contributed by atoms with Crippen LogP contribution in [0.3, 0.4) is 0 Å². The summed E-state index contributed by atoms with van der Waals surface area (Å²) in [6.45, 7) is 3.36. The first-order valence-corrected chi connectivity index (χ1v) is 6.38. The van der Waals surface area contributed by atoms with Crippen LogP contribution in [0, 0.1) is 0 Å². The molecule has 2 atom stereocenters. The molecule has 5 heteroatoms. The van der Waals surface area contributed by atoms with Gasteiger partial charge >= 0.3 is 0 Å². The van der Waals surface area contributed by atoms with E-state index in [1.54, 1.807) is 20.1 Å². The molecule has 1 saturated heterocycles. The molecule has 0 radical (unpaired) electrons. The van der Waals surface area contributed by atoms with Crippen molar-refractivity contribution in [3.05, 3.63) is 28.5 Å². The zero-order valence-corrected chi connectivity index (χ0v) is 11.4. The van der Waals surface area contributed by atoms with Gasteiger partial charge in [-0.3, -0.25) is 0 Å². The Morgan fingerprint density at radius 1 is 1.61 bits per heavy atom. The van der Waals surface area contributed by atoms with E-state index < -0.39 is 11.5 Å². The number of aliphatic hydroxyl groups excluding tert-OH is 1. The maximum atomic E-state index is 10.1. The second-order valence-electron chi connectivity index (χ2n) is 4.75. The number of pyridine rings is 1. The van der Waals surface area contributed by atoms with Gasteiger partial charge in [0.15, 0.2) is 0 Å². The Morgan fingerprint density at radius 2 is 2.39 bits per heavy atom. The molecule has 0 aliphatic carbocycles. The van der Waals surface area contributed by atoms with Crippen LogP contribution in [-0.4, -0.2) is 36.5 Å². The highest BCUT2D eigenvalue weighted by Crippen LogP contribution is 2.36. The minimum Gasteiger partial charge on any atom is -0.392 e. The minimum atomic E-state index is -0.527. The third kappa shape index (κ3) is 2.52. The monoisotopic (exact) mass is 271 g/mol. The highest BCUT2D eigenvalue weighted by atomic mass is 35.5. The molecule has 0 spiro atoms. The summed E-state index contributed by atoms with van der Waals surface area (Å²) in [5, 5.41) is 10.5. The topological polar surface area (TPSA) is 51.6 Å². The van der Waals surface area contributed by atoms with Crippen molar-refractivity contribution in [2.75, 3.05) is 20.3 Å². The van der Waals surface area contributed by atoms with Crippen LogP contribution in [0.15, 0.2) is 12.1 Å². The molecule has 1 aromatic heterocycles. The molecular formula is C13H18ClNO3. The number of rotatable bonds is 4. The molecule has 1 aliphatic heterocycles. The fourth-order valence-corrected chi connectivity index (χ4v) is 2.61. The maximum Gasteiger partial charge on any atom is 0.129 e. The first-order chi connectivity index (χ1) is 8.58. The molecule has 0 saturated carbocycles. The molecule has 0 amide bonds. The number of ether oxygens (including phenoxy) is 2. The quantitative estimate of drug-likeness (QED) is 0.850. The van der Waals surface area contributed by atoms with Gasteiger partial charge in [0, 0.05) is 13.7 Å². The molecule has 1 aromatic rings. The fraction of sp³-hybridized carbons (Fsp3) is 0.615. The average molecular weight is 272 g/mol. The molecule has 18 heavy (non-hydrogen) atoms. The van der Waals surface area contributed by atoms with E-state index >= 15 is 0 Å². The number of methoxy groups -OCH3 is 1. The molecule has 4 nitrogen and oxygen atoms in total. The van der Waals surface area contributed by atoms with Gasteiger partial charge in [0.2, 0.25) is 0 Å². The summed E-state index contributed by atoms with van der Waals surface area (Å²) in [5.74, 6) is 0. The highest BCUT2D eigenvalue weighted by molar-refractivity contribution is 6.29. The van der Waals surface area contributed by atoms with Crippen LogP contribution in [0.25, 0.3) is 0 Å². The van der Waals surface area contributed by atoms with Gasteiger partial charge in [-0.1, -0.05) is 11.6 Å². The van der Waals surface area contributed by atoms with Crippen molar-refractivity contribution in [1.82, 2.24) is 4.98 Å². The van der Waals surface area contributed by atoms with Crippen molar-refractivity contribution in [1.29, 1.82) is 0 Å². The second kappa shape index (κ2) is 5.53. The molecule has 1 aliphatic rings. The smallest absolute Gasteiger partial charge is 0.129 e. The summed E-state index contributed by atoms with van der Waals surface area (Å²) in [6.07, 6.45) is 0.228. The van der Waals surface area contributed by atoms with Gasteiger partial charge in [-0.05, 0) is 31.0 Å². The van der Waals surface area contributed by atoms with E-state index in [0.29, 0.717) is 25.0 Å². The second-order valence-corrected chi connectivity index (χ2v) is 5.14. The van der Waals surface area contributed by atoms with Crippen LogP contribution < -0.4 is 0 Å². The molecule has 0 bridgehead atoms. The maximum absolute atomic E-state index is 10.1. The lowest BCUT2D eigenvalue weighted by molar-refractivity contribution is 0.0763. The van der Waals surface area contributed by atoms with Crippen molar-refractivity contribution in [2.24, 2.45) is 0 Å². The van der Waals surface area contributed by atoms with Crippen LogP contribution in [0.4, 0.5) is 0 Å². The van der Waals surface area contributed by atoms with Crippen LogP contribution in [0.1, 0.15) is 24.6 Å². The number of aliphatic hydroxyl groups is 1. The van der Waals surface area contributed by atoms with Crippen LogP contribution in [0.5, 0.6) is 0 Å². The minimum absolute atomic E-state index is 0.423. The van der Waals surface area contributed by atoms with Crippen LogP contribution in [0.2, 0.25) is 5.15 Å². The largest absolute Gasteiger partial charge is 0.392 e. The first-order valence-electron chi connectivity index (χ1n) is 6.00. The predicted molar refractivity (Wildman–Crippen MR) is 68.8 cm³/mol. The van der Waals surface area contributed by atoms with Gasteiger partial charge < -0.3 is 14.6 Å². The van der Waals surface area contributed by atoms with Crippen LogP contribution in [-0.2, 0) is 21.5 Å². The molecular weight excluding hydrogens is 254 g/mol. The lowest BCUT2D eigenvalue weighted by Gasteiger charge is -2.30. The zero-order valence-electron chi connectivity index (χ0n) is 10.6. The number of hydrogen-bond donors (Lipinski definition) is 1. The van der Waals surface area contributed by atoms with Crippen molar-refractivity contribution in [3.8, 4) is 0 Å². The fourth-order valence-electron chi connectivity index (χ4n) is 2.38. The normalized spacial score (nSPS) is 25.3. The third-order valence-electron chi connectivity index (χ3n) is 3.53. The molecule has 2 heterocycles. The third-order valence-corrected chi connectivity index (χ3v) is 3.72. The summed E-state index contributed by atoms with van der Waals surface area (Å²) >= 11 is 6.04. The number of hydrogen-bond acceptors (Lipinski definition) is 4.